The molecule has 180 valence electrons. The van der Waals surface area contributed by atoms with Crippen molar-refractivity contribution in [3.63, 3.8) is 0 Å². The van der Waals surface area contributed by atoms with E-state index in [0.29, 0.717) is 22.3 Å². The summed E-state index contributed by atoms with van der Waals surface area (Å²) in [6.45, 7) is 3.39. The number of halogens is 1. The summed E-state index contributed by atoms with van der Waals surface area (Å²) in [6, 6.07) is 7.18. The van der Waals surface area contributed by atoms with E-state index in [1.165, 1.54) is 30.0 Å². The van der Waals surface area contributed by atoms with Crippen LogP contribution in [0.2, 0.25) is 5.02 Å². The van der Waals surface area contributed by atoms with Crippen molar-refractivity contribution in [3.8, 4) is 0 Å². The maximum absolute atomic E-state index is 13.4. The number of imide groups is 1. The molecule has 0 saturated heterocycles. The molecule has 0 saturated carbocycles. The van der Waals surface area contributed by atoms with Crippen molar-refractivity contribution in [1.29, 1.82) is 0 Å². The summed E-state index contributed by atoms with van der Waals surface area (Å²) in [4.78, 5) is 71.6. The second-order valence-corrected chi connectivity index (χ2v) is 8.48. The highest BCUT2D eigenvalue weighted by atomic mass is 35.5. The number of hydrogen-bond donors (Lipinski definition) is 1. The monoisotopic (exact) mass is 497 g/mol. The maximum Gasteiger partial charge on any atom is 0.282 e. The zero-order valence-corrected chi connectivity index (χ0v) is 19.5. The third-order valence-electron chi connectivity index (χ3n) is 5.73. The van der Waals surface area contributed by atoms with Gasteiger partial charge in [0.05, 0.1) is 27.9 Å². The Bertz CT molecular complexity index is 1450. The molecule has 0 bridgehead atoms. The molecule has 1 atom stereocenters. The molecule has 12 heteroatoms. The van der Waals surface area contributed by atoms with E-state index in [-0.39, 0.29) is 30.0 Å². The zero-order chi connectivity index (χ0) is 25.4. The molecule has 1 N–H and O–H groups in total. The van der Waals surface area contributed by atoms with Gasteiger partial charge >= 0.3 is 0 Å². The van der Waals surface area contributed by atoms with Gasteiger partial charge in [-0.2, -0.15) is 0 Å². The van der Waals surface area contributed by atoms with Gasteiger partial charge in [0.1, 0.15) is 17.4 Å². The highest BCUT2D eigenvalue weighted by Crippen LogP contribution is 2.32. The van der Waals surface area contributed by atoms with Crippen LogP contribution in [0.1, 0.15) is 46.8 Å². The van der Waals surface area contributed by atoms with Crippen molar-refractivity contribution >= 4 is 45.9 Å². The predicted octanol–water partition coefficient (Wildman–Crippen LogP) is 2.91. The lowest BCUT2D eigenvalue weighted by Gasteiger charge is -2.29. The fourth-order valence-corrected chi connectivity index (χ4v) is 4.28. The lowest BCUT2D eigenvalue weighted by atomic mass is 10.1. The van der Waals surface area contributed by atoms with Gasteiger partial charge in [-0.15, -0.1) is 0 Å². The first-order valence-electron chi connectivity index (χ1n) is 10.8. The molecule has 11 nitrogen and oxygen atoms in total. The van der Waals surface area contributed by atoms with Crippen molar-refractivity contribution < 1.29 is 19.3 Å². The van der Waals surface area contributed by atoms with Crippen LogP contribution < -0.4 is 5.56 Å². The maximum atomic E-state index is 13.4. The van der Waals surface area contributed by atoms with Gasteiger partial charge in [0, 0.05) is 17.6 Å². The van der Waals surface area contributed by atoms with Crippen molar-refractivity contribution in [3.05, 3.63) is 78.8 Å². The number of aromatic amines is 1. The lowest BCUT2D eigenvalue weighted by molar-refractivity contribution is -0.385. The van der Waals surface area contributed by atoms with Crippen molar-refractivity contribution in [1.82, 2.24) is 19.8 Å². The molecule has 0 radical (unpaired) electrons. The fourth-order valence-electron chi connectivity index (χ4n) is 4.12. The average Bonchev–Trinajstić information content (AvgIpc) is 3.07. The summed E-state index contributed by atoms with van der Waals surface area (Å²) < 4.78 is 0. The van der Waals surface area contributed by atoms with Crippen LogP contribution in [0.15, 0.2) is 41.2 Å². The minimum Gasteiger partial charge on any atom is -0.333 e. The molecule has 2 heterocycles. The number of carbonyl (C=O) groups excluding carboxylic acids is 3. The number of rotatable bonds is 7. The van der Waals surface area contributed by atoms with Crippen LogP contribution in [-0.2, 0) is 11.3 Å². The van der Waals surface area contributed by atoms with Gasteiger partial charge < -0.3 is 9.88 Å². The summed E-state index contributed by atoms with van der Waals surface area (Å²) in [7, 11) is 0. The van der Waals surface area contributed by atoms with E-state index in [1.54, 1.807) is 12.1 Å². The molecule has 2 aromatic carbocycles. The largest absolute Gasteiger partial charge is 0.333 e. The van der Waals surface area contributed by atoms with Crippen LogP contribution in [0.5, 0.6) is 0 Å². The van der Waals surface area contributed by atoms with E-state index < -0.39 is 39.9 Å². The fraction of sp³-hybridized carbons (Fsp3) is 0.261. The molecule has 1 aliphatic rings. The molecule has 0 aliphatic carbocycles. The normalized spacial score (nSPS) is 13.7. The van der Waals surface area contributed by atoms with Crippen LogP contribution in [0.25, 0.3) is 10.9 Å². The van der Waals surface area contributed by atoms with Crippen LogP contribution in [0.3, 0.4) is 0 Å². The van der Waals surface area contributed by atoms with Crippen molar-refractivity contribution in [2.45, 2.75) is 32.9 Å². The summed E-state index contributed by atoms with van der Waals surface area (Å²) in [6.07, 6.45) is 0.551. The highest BCUT2D eigenvalue weighted by Gasteiger charge is 2.45. The summed E-state index contributed by atoms with van der Waals surface area (Å²) in [5.74, 6) is -2.05. The molecule has 0 fully saturated rings. The standard InChI is InChI=1S/C23H20ClN5O6/c1-3-9-27(11-18-25-16-10-13(24)7-8-14(16)20(30)26-18)21(31)12(2)28-22(32)15-5-4-6-17(29(34)35)19(15)23(28)33/h4-8,10,12H,3,9,11H2,1-2H3,(H,25,26,30). The van der Waals surface area contributed by atoms with Crippen molar-refractivity contribution in [2.24, 2.45) is 0 Å². The van der Waals surface area contributed by atoms with E-state index in [9.17, 15) is 29.3 Å². The predicted molar refractivity (Wildman–Crippen MR) is 126 cm³/mol. The number of nitrogens with one attached hydrogen (secondary N) is 1. The van der Waals surface area contributed by atoms with Crippen LogP contribution in [-0.4, -0.2) is 55.0 Å². The molecule has 1 aliphatic heterocycles. The first-order chi connectivity index (χ1) is 16.6. The smallest absolute Gasteiger partial charge is 0.282 e. The number of nitro groups is 1. The van der Waals surface area contributed by atoms with Gasteiger partial charge in [-0.25, -0.2) is 4.98 Å². The van der Waals surface area contributed by atoms with Gasteiger partial charge in [-0.3, -0.25) is 34.2 Å². The third-order valence-corrected chi connectivity index (χ3v) is 5.96. The van der Waals surface area contributed by atoms with Gasteiger partial charge in [0.2, 0.25) is 5.91 Å². The van der Waals surface area contributed by atoms with Gasteiger partial charge in [-0.05, 0) is 37.6 Å². The summed E-state index contributed by atoms with van der Waals surface area (Å²) in [5, 5.41) is 12.1. The SMILES string of the molecule is CCCN(Cc1nc2cc(Cl)ccc2c(=O)[nH]1)C(=O)C(C)N1C(=O)c2cccc([N+](=O)[O-])c2C1=O. The Morgan fingerprint density at radius 3 is 2.66 bits per heavy atom. The van der Waals surface area contributed by atoms with E-state index in [4.69, 9.17) is 11.6 Å². The Kier molecular flexibility index (Phi) is 6.35. The Morgan fingerprint density at radius 2 is 1.97 bits per heavy atom. The van der Waals surface area contributed by atoms with Gasteiger partial charge in [-0.1, -0.05) is 24.6 Å². The van der Waals surface area contributed by atoms with E-state index in [1.807, 2.05) is 6.92 Å². The second-order valence-electron chi connectivity index (χ2n) is 8.05. The average molecular weight is 498 g/mol. The van der Waals surface area contributed by atoms with E-state index in [0.717, 1.165) is 11.0 Å². The number of nitro benzene ring substituents is 1. The summed E-state index contributed by atoms with van der Waals surface area (Å²) >= 11 is 6.01. The lowest BCUT2D eigenvalue weighted by Crippen LogP contribution is -2.49. The number of hydrogen-bond acceptors (Lipinski definition) is 7. The Labute approximate surface area is 203 Å². The molecular formula is C23H20ClN5O6. The number of benzene rings is 2. The minimum absolute atomic E-state index is 0.0853. The minimum atomic E-state index is -1.24. The number of aromatic nitrogens is 2. The molecule has 0 spiro atoms. The molecular weight excluding hydrogens is 478 g/mol. The quantitative estimate of drug-likeness (QED) is 0.300. The second kappa shape index (κ2) is 9.26. The molecule has 1 aromatic heterocycles. The molecule has 35 heavy (non-hydrogen) atoms. The Morgan fingerprint density at radius 1 is 1.23 bits per heavy atom. The number of amides is 3. The summed E-state index contributed by atoms with van der Waals surface area (Å²) in [5.41, 5.74) is -0.984. The van der Waals surface area contributed by atoms with Gasteiger partial charge in [0.15, 0.2) is 0 Å². The van der Waals surface area contributed by atoms with Crippen LogP contribution in [0.4, 0.5) is 5.69 Å². The molecule has 3 amide bonds. The number of nitrogens with zero attached hydrogens (tertiary/aromatic N) is 4. The molecule has 4 rings (SSSR count). The van der Waals surface area contributed by atoms with Crippen molar-refractivity contribution in [2.75, 3.05) is 6.54 Å². The van der Waals surface area contributed by atoms with Crippen LogP contribution >= 0.6 is 11.6 Å². The first kappa shape index (κ1) is 24.0. The number of carbonyl (C=O) groups is 3. The first-order valence-corrected chi connectivity index (χ1v) is 11.1. The number of fused-ring (bicyclic) bond motifs is 2. The molecule has 1 unspecified atom stereocenters. The molecule has 3 aromatic rings. The third kappa shape index (κ3) is 4.26. The highest BCUT2D eigenvalue weighted by molar-refractivity contribution is 6.31. The Hall–Kier alpha value is -4.12. The Balaban J connectivity index is 1.64. The van der Waals surface area contributed by atoms with Crippen LogP contribution in [0, 0.1) is 10.1 Å². The van der Waals surface area contributed by atoms with E-state index >= 15 is 0 Å². The van der Waals surface area contributed by atoms with Gasteiger partial charge in [0.25, 0.3) is 23.1 Å². The topological polar surface area (TPSA) is 147 Å². The zero-order valence-electron chi connectivity index (χ0n) is 18.8. The number of H-pyrrole nitrogens is 1. The van der Waals surface area contributed by atoms with E-state index in [2.05, 4.69) is 9.97 Å².